The van der Waals surface area contributed by atoms with Crippen LogP contribution in [0.2, 0.25) is 0 Å². The monoisotopic (exact) mass is 360 g/mol. The molecular weight excluding hydrogens is 332 g/mol. The molecule has 0 bridgehead atoms. The van der Waals surface area contributed by atoms with E-state index in [0.29, 0.717) is 11.8 Å². The molecule has 0 aromatic heterocycles. The molecule has 2 unspecified atom stereocenters. The van der Waals surface area contributed by atoms with Crippen molar-refractivity contribution < 1.29 is 9.47 Å². The van der Waals surface area contributed by atoms with Gasteiger partial charge in [-0.3, -0.25) is 0 Å². The summed E-state index contributed by atoms with van der Waals surface area (Å²) in [6, 6.07) is 12.9. The van der Waals surface area contributed by atoms with Gasteiger partial charge in [-0.1, -0.05) is 49.3 Å². The smallest absolute Gasteiger partial charge is 0.119 e. The molecule has 27 heavy (non-hydrogen) atoms. The van der Waals surface area contributed by atoms with Crippen molar-refractivity contribution in [1.29, 1.82) is 0 Å². The Hall–Kier alpha value is -2.48. The lowest BCUT2D eigenvalue weighted by Gasteiger charge is -2.41. The van der Waals surface area contributed by atoms with Crippen LogP contribution in [0.15, 0.2) is 47.5 Å². The van der Waals surface area contributed by atoms with E-state index in [1.54, 1.807) is 14.2 Å². The van der Waals surface area contributed by atoms with Gasteiger partial charge >= 0.3 is 0 Å². The number of fused-ring (bicyclic) bond motifs is 2. The molecule has 2 atom stereocenters. The van der Waals surface area contributed by atoms with E-state index in [-0.39, 0.29) is 5.41 Å². The molecule has 2 aliphatic carbocycles. The zero-order chi connectivity index (χ0) is 19.3. The molecule has 140 valence electrons. The lowest BCUT2D eigenvalue weighted by molar-refractivity contribution is 0.274. The highest BCUT2D eigenvalue weighted by atomic mass is 16.5. The molecular formula is C25H28O2. The van der Waals surface area contributed by atoms with Crippen molar-refractivity contribution in [2.24, 2.45) is 5.41 Å². The highest BCUT2D eigenvalue weighted by Gasteiger charge is 2.45. The number of ether oxygens (including phenoxy) is 2. The largest absolute Gasteiger partial charge is 0.497 e. The highest BCUT2D eigenvalue weighted by Crippen LogP contribution is 2.58. The van der Waals surface area contributed by atoms with E-state index >= 15 is 0 Å². The first kappa shape index (κ1) is 17.9. The average Bonchev–Trinajstić information content (AvgIpc) is 3.15. The van der Waals surface area contributed by atoms with E-state index in [2.05, 4.69) is 76.2 Å². The Morgan fingerprint density at radius 1 is 0.704 bits per heavy atom. The van der Waals surface area contributed by atoms with Crippen molar-refractivity contribution in [3.05, 3.63) is 69.8 Å². The minimum Gasteiger partial charge on any atom is -0.497 e. The van der Waals surface area contributed by atoms with Crippen LogP contribution in [-0.4, -0.2) is 14.2 Å². The van der Waals surface area contributed by atoms with E-state index in [0.717, 1.165) is 11.5 Å². The third-order valence-corrected chi connectivity index (χ3v) is 6.37. The van der Waals surface area contributed by atoms with Gasteiger partial charge in [-0.2, -0.15) is 0 Å². The predicted molar refractivity (Wildman–Crippen MR) is 113 cm³/mol. The average molecular weight is 360 g/mol. The van der Waals surface area contributed by atoms with Crippen molar-refractivity contribution in [3.8, 4) is 11.5 Å². The maximum Gasteiger partial charge on any atom is 0.119 e. The Labute approximate surface area is 162 Å². The quantitative estimate of drug-likeness (QED) is 0.625. The topological polar surface area (TPSA) is 18.5 Å². The van der Waals surface area contributed by atoms with E-state index in [1.165, 1.54) is 33.4 Å². The van der Waals surface area contributed by atoms with Crippen LogP contribution >= 0.6 is 0 Å². The normalized spacial score (nSPS) is 20.7. The number of benzene rings is 2. The summed E-state index contributed by atoms with van der Waals surface area (Å²) >= 11 is 0. The fraction of sp³-hybridized carbons (Fsp3) is 0.360. The highest BCUT2D eigenvalue weighted by molar-refractivity contribution is 5.71. The Bertz CT molecular complexity index is 885. The van der Waals surface area contributed by atoms with Crippen LogP contribution in [0.25, 0.3) is 12.2 Å². The van der Waals surface area contributed by atoms with Gasteiger partial charge in [0, 0.05) is 11.8 Å². The number of allylic oxidation sites excluding steroid dienone is 2. The third kappa shape index (κ3) is 2.70. The molecule has 2 aromatic carbocycles. The van der Waals surface area contributed by atoms with Crippen molar-refractivity contribution in [3.63, 3.8) is 0 Å². The zero-order valence-corrected chi connectivity index (χ0v) is 17.1. The summed E-state index contributed by atoms with van der Waals surface area (Å²) in [6.07, 6.45) is 4.67. The molecule has 2 nitrogen and oxygen atoms in total. The van der Waals surface area contributed by atoms with Crippen LogP contribution < -0.4 is 9.47 Å². The Kier molecular flexibility index (Phi) is 4.18. The van der Waals surface area contributed by atoms with Gasteiger partial charge in [0.2, 0.25) is 0 Å². The maximum atomic E-state index is 5.52. The molecule has 2 heteroatoms. The second-order valence-electron chi connectivity index (χ2n) is 8.45. The van der Waals surface area contributed by atoms with Crippen molar-refractivity contribution in [1.82, 2.24) is 0 Å². The second kappa shape index (κ2) is 6.30. The minimum absolute atomic E-state index is 0.0242. The number of methoxy groups -OCH3 is 2. The summed E-state index contributed by atoms with van der Waals surface area (Å²) in [5.41, 5.74) is 8.26. The van der Waals surface area contributed by atoms with Gasteiger partial charge in [-0.15, -0.1) is 0 Å². The SMILES string of the molecule is COc1ccc2c(c1)C(C(C)(C)C1C(C)=Cc3ccc(OC)cc31)C(C)=C2. The Morgan fingerprint density at radius 2 is 1.11 bits per heavy atom. The van der Waals surface area contributed by atoms with Crippen molar-refractivity contribution in [2.45, 2.75) is 39.5 Å². The lowest BCUT2D eigenvalue weighted by atomic mass is 9.62. The van der Waals surface area contributed by atoms with Gasteiger partial charge < -0.3 is 9.47 Å². The minimum atomic E-state index is 0.0242. The molecule has 0 N–H and O–H groups in total. The van der Waals surface area contributed by atoms with Gasteiger partial charge in [0.15, 0.2) is 0 Å². The van der Waals surface area contributed by atoms with Crippen LogP contribution in [0.3, 0.4) is 0 Å². The fourth-order valence-corrected chi connectivity index (χ4v) is 5.41. The molecule has 0 fully saturated rings. The number of rotatable bonds is 4. The third-order valence-electron chi connectivity index (χ3n) is 6.37. The molecule has 0 saturated heterocycles. The van der Waals surface area contributed by atoms with Gasteiger partial charge in [0.1, 0.15) is 11.5 Å². The predicted octanol–water partition coefficient (Wildman–Crippen LogP) is 6.43. The van der Waals surface area contributed by atoms with Crippen LogP contribution in [0, 0.1) is 5.41 Å². The zero-order valence-electron chi connectivity index (χ0n) is 17.1. The van der Waals surface area contributed by atoms with Crippen molar-refractivity contribution in [2.75, 3.05) is 14.2 Å². The Balaban J connectivity index is 1.82. The van der Waals surface area contributed by atoms with Crippen LogP contribution in [0.1, 0.15) is 61.8 Å². The molecule has 4 rings (SSSR count). The van der Waals surface area contributed by atoms with Crippen LogP contribution in [0.5, 0.6) is 11.5 Å². The summed E-state index contributed by atoms with van der Waals surface area (Å²) in [4.78, 5) is 0. The standard InChI is InChI=1S/C25H28O2/c1-15-11-17-7-9-19(26-5)13-21(17)23(15)25(3,4)24-16(2)12-18-8-10-20(27-6)14-22(18)24/h7-14,23-24H,1-6H3. The lowest BCUT2D eigenvalue weighted by Crippen LogP contribution is -2.29. The van der Waals surface area contributed by atoms with Crippen molar-refractivity contribution >= 4 is 12.2 Å². The first-order valence-electron chi connectivity index (χ1n) is 9.59. The molecule has 0 heterocycles. The molecule has 2 aromatic rings. The first-order chi connectivity index (χ1) is 12.9. The van der Waals surface area contributed by atoms with Crippen LogP contribution in [-0.2, 0) is 0 Å². The molecule has 0 aliphatic heterocycles. The van der Waals surface area contributed by atoms with Gasteiger partial charge in [-0.25, -0.2) is 0 Å². The first-order valence-corrected chi connectivity index (χ1v) is 9.59. The number of hydrogen-bond acceptors (Lipinski definition) is 2. The fourth-order valence-electron chi connectivity index (χ4n) is 5.41. The Morgan fingerprint density at radius 3 is 1.48 bits per heavy atom. The number of hydrogen-bond donors (Lipinski definition) is 0. The molecule has 0 amide bonds. The molecule has 0 spiro atoms. The molecule has 0 radical (unpaired) electrons. The van der Waals surface area contributed by atoms with E-state index in [9.17, 15) is 0 Å². The van der Waals surface area contributed by atoms with E-state index in [4.69, 9.17) is 9.47 Å². The maximum absolute atomic E-state index is 5.52. The summed E-state index contributed by atoms with van der Waals surface area (Å²) < 4.78 is 11.0. The van der Waals surface area contributed by atoms with Gasteiger partial charge in [-0.05, 0) is 65.8 Å². The van der Waals surface area contributed by atoms with E-state index in [1.807, 2.05) is 0 Å². The summed E-state index contributed by atoms with van der Waals surface area (Å²) in [6.45, 7) is 9.33. The van der Waals surface area contributed by atoms with E-state index < -0.39 is 0 Å². The van der Waals surface area contributed by atoms with Gasteiger partial charge in [0.05, 0.1) is 14.2 Å². The summed E-state index contributed by atoms with van der Waals surface area (Å²) in [5, 5.41) is 0. The summed E-state index contributed by atoms with van der Waals surface area (Å²) in [7, 11) is 3.48. The summed E-state index contributed by atoms with van der Waals surface area (Å²) in [5.74, 6) is 2.57. The molecule has 2 aliphatic rings. The molecule has 0 saturated carbocycles. The van der Waals surface area contributed by atoms with Crippen LogP contribution in [0.4, 0.5) is 0 Å². The van der Waals surface area contributed by atoms with Gasteiger partial charge in [0.25, 0.3) is 0 Å². The second-order valence-corrected chi connectivity index (χ2v) is 8.45.